The summed E-state index contributed by atoms with van der Waals surface area (Å²) in [6.45, 7) is 1.72. The highest BCUT2D eigenvalue weighted by molar-refractivity contribution is 7.91. The molecular weight excluding hydrogens is 295 g/mol. The molecule has 0 spiro atoms. The van der Waals surface area contributed by atoms with Gasteiger partial charge >= 0.3 is 0 Å². The number of aliphatic hydroxyl groups excluding tert-OH is 1. The molecule has 0 amide bonds. The Morgan fingerprint density at radius 3 is 2.71 bits per heavy atom. The van der Waals surface area contributed by atoms with Gasteiger partial charge in [-0.1, -0.05) is 18.8 Å². The van der Waals surface area contributed by atoms with E-state index >= 15 is 0 Å². The maximum absolute atomic E-state index is 13.4. The SMILES string of the molecule is CCCS(=O)(=O)CCOc1cc(F)cc(C#CCCO)c1. The van der Waals surface area contributed by atoms with E-state index in [0.29, 0.717) is 18.4 Å². The first-order chi connectivity index (χ1) is 9.96. The Morgan fingerprint density at radius 1 is 1.29 bits per heavy atom. The number of halogens is 1. The lowest BCUT2D eigenvalue weighted by Crippen LogP contribution is -2.16. The Labute approximate surface area is 124 Å². The van der Waals surface area contributed by atoms with Crippen molar-refractivity contribution in [2.45, 2.75) is 19.8 Å². The van der Waals surface area contributed by atoms with E-state index in [1.54, 1.807) is 13.0 Å². The van der Waals surface area contributed by atoms with Gasteiger partial charge < -0.3 is 9.84 Å². The van der Waals surface area contributed by atoms with Gasteiger partial charge in [-0.2, -0.15) is 0 Å². The van der Waals surface area contributed by atoms with Gasteiger partial charge in [0.15, 0.2) is 9.84 Å². The van der Waals surface area contributed by atoms with Crippen LogP contribution in [0.1, 0.15) is 25.3 Å². The summed E-state index contributed by atoms with van der Waals surface area (Å²) in [5, 5.41) is 8.63. The average molecular weight is 314 g/mol. The molecular formula is C15H19FO4S. The third-order valence-corrected chi connectivity index (χ3v) is 4.34. The minimum atomic E-state index is -3.11. The minimum absolute atomic E-state index is 0.0186. The number of rotatable bonds is 7. The van der Waals surface area contributed by atoms with Crippen LogP contribution in [0.5, 0.6) is 5.75 Å². The van der Waals surface area contributed by atoms with Crippen LogP contribution in [0.3, 0.4) is 0 Å². The molecule has 0 heterocycles. The Hall–Kier alpha value is -1.58. The molecule has 1 aromatic carbocycles. The summed E-state index contributed by atoms with van der Waals surface area (Å²) in [4.78, 5) is 0. The van der Waals surface area contributed by atoms with Crippen molar-refractivity contribution in [2.75, 3.05) is 24.7 Å². The molecule has 1 N–H and O–H groups in total. The third-order valence-electron chi connectivity index (χ3n) is 2.52. The number of ether oxygens (including phenoxy) is 1. The van der Waals surface area contributed by atoms with Crippen molar-refractivity contribution in [1.29, 1.82) is 0 Å². The molecule has 0 aliphatic rings. The second-order valence-corrected chi connectivity index (χ2v) is 6.75. The van der Waals surface area contributed by atoms with Crippen molar-refractivity contribution in [1.82, 2.24) is 0 Å². The Kier molecular flexibility index (Phi) is 7.20. The molecule has 0 saturated carbocycles. The molecule has 0 fully saturated rings. The van der Waals surface area contributed by atoms with Crippen molar-refractivity contribution in [3.63, 3.8) is 0 Å². The van der Waals surface area contributed by atoms with Crippen LogP contribution in [0.15, 0.2) is 18.2 Å². The molecule has 0 saturated heterocycles. The monoisotopic (exact) mass is 314 g/mol. The van der Waals surface area contributed by atoms with E-state index in [-0.39, 0.29) is 30.5 Å². The Morgan fingerprint density at radius 2 is 2.05 bits per heavy atom. The van der Waals surface area contributed by atoms with Crippen LogP contribution >= 0.6 is 0 Å². The Balaban J connectivity index is 2.66. The van der Waals surface area contributed by atoms with Gasteiger partial charge in [0, 0.05) is 18.1 Å². The zero-order chi connectivity index (χ0) is 15.7. The second-order valence-electron chi connectivity index (χ2n) is 4.45. The molecule has 0 atom stereocenters. The predicted molar refractivity (Wildman–Crippen MR) is 79.4 cm³/mol. The van der Waals surface area contributed by atoms with E-state index in [9.17, 15) is 12.8 Å². The van der Waals surface area contributed by atoms with E-state index < -0.39 is 15.7 Å². The van der Waals surface area contributed by atoms with Crippen molar-refractivity contribution in [3.8, 4) is 17.6 Å². The van der Waals surface area contributed by atoms with Gasteiger partial charge in [-0.25, -0.2) is 12.8 Å². The fourth-order valence-electron chi connectivity index (χ4n) is 1.64. The van der Waals surface area contributed by atoms with Gasteiger partial charge in [0.05, 0.1) is 18.1 Å². The van der Waals surface area contributed by atoms with Crippen molar-refractivity contribution < 1.29 is 22.7 Å². The lowest BCUT2D eigenvalue weighted by Gasteiger charge is -2.07. The number of hydrogen-bond acceptors (Lipinski definition) is 4. The largest absolute Gasteiger partial charge is 0.492 e. The van der Waals surface area contributed by atoms with E-state index in [4.69, 9.17) is 9.84 Å². The lowest BCUT2D eigenvalue weighted by atomic mass is 10.2. The predicted octanol–water partition coefficient (Wildman–Crippen LogP) is 1.76. The first-order valence-corrected chi connectivity index (χ1v) is 8.52. The standard InChI is InChI=1S/C15H19FO4S/c1-2-8-21(18,19)9-7-20-15-11-13(5-3-4-6-17)10-14(16)12-15/h10-12,17H,2,4,6-9H2,1H3. The zero-order valence-corrected chi connectivity index (χ0v) is 12.7. The van der Waals surface area contributed by atoms with Crippen LogP contribution < -0.4 is 4.74 Å². The molecule has 0 aliphatic carbocycles. The van der Waals surface area contributed by atoms with E-state index in [1.807, 2.05) is 0 Å². The Bertz CT molecular complexity index is 614. The summed E-state index contributed by atoms with van der Waals surface area (Å²) in [6.07, 6.45) is 0.870. The van der Waals surface area contributed by atoms with Gasteiger partial charge in [-0.05, 0) is 18.6 Å². The van der Waals surface area contributed by atoms with E-state index in [1.165, 1.54) is 12.1 Å². The second kappa shape index (κ2) is 8.65. The molecule has 116 valence electrons. The van der Waals surface area contributed by atoms with Gasteiger partial charge in [0.1, 0.15) is 18.2 Å². The highest BCUT2D eigenvalue weighted by Crippen LogP contribution is 2.16. The topological polar surface area (TPSA) is 63.6 Å². The summed E-state index contributed by atoms with van der Waals surface area (Å²) in [7, 11) is -3.11. The van der Waals surface area contributed by atoms with Crippen LogP contribution in [-0.4, -0.2) is 38.2 Å². The summed E-state index contributed by atoms with van der Waals surface area (Å²) < 4.78 is 41.7. The summed E-state index contributed by atoms with van der Waals surface area (Å²) in [6, 6.07) is 3.98. The van der Waals surface area contributed by atoms with Crippen molar-refractivity contribution >= 4 is 9.84 Å². The smallest absolute Gasteiger partial charge is 0.153 e. The zero-order valence-electron chi connectivity index (χ0n) is 11.9. The van der Waals surface area contributed by atoms with Crippen LogP contribution in [0.25, 0.3) is 0 Å². The van der Waals surface area contributed by atoms with Crippen LogP contribution in [0.4, 0.5) is 4.39 Å². The maximum atomic E-state index is 13.4. The number of aliphatic hydroxyl groups is 1. The maximum Gasteiger partial charge on any atom is 0.153 e. The molecule has 1 rings (SSSR count). The van der Waals surface area contributed by atoms with Crippen LogP contribution in [-0.2, 0) is 9.84 Å². The highest BCUT2D eigenvalue weighted by Gasteiger charge is 2.09. The van der Waals surface area contributed by atoms with E-state index in [2.05, 4.69) is 11.8 Å². The summed E-state index contributed by atoms with van der Waals surface area (Å²) in [5.41, 5.74) is 0.426. The van der Waals surface area contributed by atoms with Gasteiger partial charge in [0.2, 0.25) is 0 Å². The third kappa shape index (κ3) is 7.11. The molecule has 6 heteroatoms. The first kappa shape index (κ1) is 17.5. The molecule has 0 bridgehead atoms. The molecule has 0 aromatic heterocycles. The lowest BCUT2D eigenvalue weighted by molar-refractivity contribution is 0.305. The van der Waals surface area contributed by atoms with Crippen molar-refractivity contribution in [3.05, 3.63) is 29.6 Å². The fourth-order valence-corrected chi connectivity index (χ4v) is 2.80. The quantitative estimate of drug-likeness (QED) is 0.779. The molecule has 1 aromatic rings. The molecule has 21 heavy (non-hydrogen) atoms. The minimum Gasteiger partial charge on any atom is -0.492 e. The first-order valence-electron chi connectivity index (χ1n) is 6.70. The van der Waals surface area contributed by atoms with Crippen LogP contribution in [0.2, 0.25) is 0 Å². The number of sulfone groups is 1. The van der Waals surface area contributed by atoms with Gasteiger partial charge in [0.25, 0.3) is 0 Å². The molecule has 4 nitrogen and oxygen atoms in total. The average Bonchev–Trinajstić information content (AvgIpc) is 2.38. The van der Waals surface area contributed by atoms with E-state index in [0.717, 1.165) is 0 Å². The van der Waals surface area contributed by atoms with Gasteiger partial charge in [-0.3, -0.25) is 0 Å². The summed E-state index contributed by atoms with van der Waals surface area (Å²) in [5.74, 6) is 5.16. The highest BCUT2D eigenvalue weighted by atomic mass is 32.2. The summed E-state index contributed by atoms with van der Waals surface area (Å²) >= 11 is 0. The number of hydrogen-bond donors (Lipinski definition) is 1. The van der Waals surface area contributed by atoms with Gasteiger partial charge in [-0.15, -0.1) is 0 Å². The van der Waals surface area contributed by atoms with Crippen LogP contribution in [0, 0.1) is 17.7 Å². The van der Waals surface area contributed by atoms with Crippen molar-refractivity contribution in [2.24, 2.45) is 0 Å². The fraction of sp³-hybridized carbons (Fsp3) is 0.467. The molecule has 0 aliphatic heterocycles. The normalized spacial score (nSPS) is 10.8. The number of benzene rings is 1. The molecule has 0 unspecified atom stereocenters. The molecule has 0 radical (unpaired) electrons.